The van der Waals surface area contributed by atoms with Gasteiger partial charge in [-0.1, -0.05) is 30.9 Å². The first kappa shape index (κ1) is 21.2. The number of ketones is 1. The molecule has 160 valence electrons. The molecular formula is C23H30ClN5O. The Morgan fingerprint density at radius 2 is 2.00 bits per heavy atom. The quantitative estimate of drug-likeness (QED) is 0.685. The predicted octanol–water partition coefficient (Wildman–Crippen LogP) is 4.30. The van der Waals surface area contributed by atoms with Crippen molar-refractivity contribution in [1.29, 1.82) is 0 Å². The minimum Gasteiger partial charge on any atom is -0.368 e. The molecule has 3 heterocycles. The topological polar surface area (TPSA) is 79.8 Å². The maximum absolute atomic E-state index is 12.6. The second kappa shape index (κ2) is 10.3. The maximum Gasteiger partial charge on any atom is 0.145 e. The molecule has 30 heavy (non-hydrogen) atoms. The Bertz CT molecular complexity index is 862. The van der Waals surface area contributed by atoms with Crippen molar-refractivity contribution in [3.63, 3.8) is 0 Å². The monoisotopic (exact) mass is 427 g/mol. The third-order valence-electron chi connectivity index (χ3n) is 6.23. The lowest BCUT2D eigenvalue weighted by atomic mass is 9.89. The van der Waals surface area contributed by atoms with E-state index in [4.69, 9.17) is 16.6 Å². The summed E-state index contributed by atoms with van der Waals surface area (Å²) in [6.07, 6.45) is 14.0. The van der Waals surface area contributed by atoms with E-state index in [1.54, 1.807) is 18.6 Å². The molecular weight excluding hydrogens is 398 g/mol. The van der Waals surface area contributed by atoms with E-state index in [1.165, 1.54) is 32.1 Å². The number of hydrogen-bond donors (Lipinski definition) is 2. The molecule has 0 unspecified atom stereocenters. The largest absolute Gasteiger partial charge is 0.368 e. The van der Waals surface area contributed by atoms with Gasteiger partial charge in [0.25, 0.3) is 0 Å². The van der Waals surface area contributed by atoms with Crippen molar-refractivity contribution in [2.75, 3.05) is 25.0 Å². The number of piperidine rings is 1. The van der Waals surface area contributed by atoms with Gasteiger partial charge >= 0.3 is 0 Å². The summed E-state index contributed by atoms with van der Waals surface area (Å²) in [6, 6.07) is 1.88. The highest BCUT2D eigenvalue weighted by atomic mass is 35.5. The van der Waals surface area contributed by atoms with Crippen LogP contribution in [0.5, 0.6) is 0 Å². The van der Waals surface area contributed by atoms with Crippen LogP contribution in [0.2, 0.25) is 5.02 Å². The number of aromatic nitrogens is 3. The van der Waals surface area contributed by atoms with Crippen LogP contribution in [0.25, 0.3) is 11.3 Å². The molecule has 4 rings (SSSR count). The van der Waals surface area contributed by atoms with Gasteiger partial charge in [-0.15, -0.1) is 0 Å². The van der Waals surface area contributed by atoms with Crippen molar-refractivity contribution in [3.05, 3.63) is 35.4 Å². The van der Waals surface area contributed by atoms with Gasteiger partial charge in [0, 0.05) is 42.9 Å². The number of nitrogens with one attached hydrogen (secondary N) is 2. The Balaban J connectivity index is 1.45. The molecule has 0 aromatic carbocycles. The minimum atomic E-state index is 0.0757. The van der Waals surface area contributed by atoms with Crippen LogP contribution in [0.15, 0.2) is 24.7 Å². The summed E-state index contributed by atoms with van der Waals surface area (Å²) in [7, 11) is 0. The Hall–Kier alpha value is -2.05. The molecule has 2 N–H and O–H groups in total. The highest BCUT2D eigenvalue weighted by Gasteiger charge is 2.22. The molecule has 2 aromatic rings. The number of hydrogen-bond acceptors (Lipinski definition) is 6. The summed E-state index contributed by atoms with van der Waals surface area (Å²) in [5, 5.41) is 7.26. The Morgan fingerprint density at radius 3 is 2.80 bits per heavy atom. The SMILES string of the molecule is O=C(Cc1cc(-c2cncc(NCC3CCCCC3)n2)c(Cl)cn1)[C@@H]1CCCNC1. The van der Waals surface area contributed by atoms with Gasteiger partial charge in [-0.25, -0.2) is 4.98 Å². The first-order chi connectivity index (χ1) is 14.7. The summed E-state index contributed by atoms with van der Waals surface area (Å²) >= 11 is 6.42. The Kier molecular flexibility index (Phi) is 7.28. The number of nitrogens with zero attached hydrogens (tertiary/aromatic N) is 3. The van der Waals surface area contributed by atoms with Crippen LogP contribution < -0.4 is 10.6 Å². The highest BCUT2D eigenvalue weighted by Crippen LogP contribution is 2.28. The lowest BCUT2D eigenvalue weighted by Crippen LogP contribution is -2.35. The lowest BCUT2D eigenvalue weighted by Gasteiger charge is -2.22. The molecule has 2 aliphatic rings. The van der Waals surface area contributed by atoms with Crippen LogP contribution in [-0.4, -0.2) is 40.4 Å². The standard InChI is InChI=1S/C23H30ClN5O/c24-20-13-27-18(10-22(30)17-7-4-8-25-12-17)9-19(20)21-14-26-15-23(29-21)28-11-16-5-2-1-3-6-16/h9,13-17,25H,1-8,10-12H2,(H,28,29)/t17-/m1/s1. The molecule has 1 saturated carbocycles. The van der Waals surface area contributed by atoms with Crippen LogP contribution in [0, 0.1) is 11.8 Å². The molecule has 1 aliphatic carbocycles. The van der Waals surface area contributed by atoms with E-state index >= 15 is 0 Å². The number of anilines is 1. The average molecular weight is 428 g/mol. The highest BCUT2D eigenvalue weighted by molar-refractivity contribution is 6.33. The molecule has 1 saturated heterocycles. The van der Waals surface area contributed by atoms with E-state index in [2.05, 4.69) is 20.6 Å². The van der Waals surface area contributed by atoms with Crippen molar-refractivity contribution >= 4 is 23.2 Å². The van der Waals surface area contributed by atoms with Gasteiger partial charge in [0.2, 0.25) is 0 Å². The second-order valence-electron chi connectivity index (χ2n) is 8.52. The molecule has 2 fully saturated rings. The minimum absolute atomic E-state index is 0.0757. The van der Waals surface area contributed by atoms with Crippen molar-refractivity contribution in [2.45, 2.75) is 51.4 Å². The number of carbonyl (C=O) groups is 1. The summed E-state index contributed by atoms with van der Waals surface area (Å²) < 4.78 is 0. The second-order valence-corrected chi connectivity index (χ2v) is 8.92. The van der Waals surface area contributed by atoms with Gasteiger partial charge in [-0.3, -0.25) is 14.8 Å². The molecule has 0 radical (unpaired) electrons. The molecule has 2 aromatic heterocycles. The number of halogens is 1. The zero-order chi connectivity index (χ0) is 20.8. The lowest BCUT2D eigenvalue weighted by molar-refractivity contribution is -0.122. The van der Waals surface area contributed by atoms with E-state index in [-0.39, 0.29) is 11.7 Å². The molecule has 7 heteroatoms. The average Bonchev–Trinajstić information content (AvgIpc) is 2.80. The number of pyridine rings is 1. The normalized spacial score (nSPS) is 20.1. The number of Topliss-reactive ketones (excluding diaryl/α,β-unsaturated/α-hetero) is 1. The van der Waals surface area contributed by atoms with Gasteiger partial charge < -0.3 is 10.6 Å². The summed E-state index contributed by atoms with van der Waals surface area (Å²) in [4.78, 5) is 26.1. The molecule has 1 atom stereocenters. The summed E-state index contributed by atoms with van der Waals surface area (Å²) in [5.41, 5.74) is 2.20. The maximum atomic E-state index is 12.6. The van der Waals surface area contributed by atoms with Crippen LogP contribution in [-0.2, 0) is 11.2 Å². The van der Waals surface area contributed by atoms with Gasteiger partial charge in [-0.2, -0.15) is 0 Å². The smallest absolute Gasteiger partial charge is 0.145 e. The van der Waals surface area contributed by atoms with E-state index in [0.29, 0.717) is 23.1 Å². The number of rotatable bonds is 7. The molecule has 0 spiro atoms. The predicted molar refractivity (Wildman–Crippen MR) is 120 cm³/mol. The fourth-order valence-electron chi connectivity index (χ4n) is 4.45. The van der Waals surface area contributed by atoms with Crippen LogP contribution in [0.4, 0.5) is 5.82 Å². The van der Waals surface area contributed by atoms with Gasteiger partial charge in [0.15, 0.2) is 0 Å². The number of carbonyl (C=O) groups excluding carboxylic acids is 1. The van der Waals surface area contributed by atoms with Gasteiger partial charge in [0.05, 0.1) is 23.1 Å². The van der Waals surface area contributed by atoms with Crippen molar-refractivity contribution in [3.8, 4) is 11.3 Å². The Morgan fingerprint density at radius 1 is 1.13 bits per heavy atom. The summed E-state index contributed by atoms with van der Waals surface area (Å²) in [5.74, 6) is 1.78. The van der Waals surface area contributed by atoms with Gasteiger partial charge in [0.1, 0.15) is 11.6 Å². The third-order valence-corrected chi connectivity index (χ3v) is 6.53. The van der Waals surface area contributed by atoms with E-state index in [9.17, 15) is 4.79 Å². The Labute approximate surface area is 183 Å². The zero-order valence-electron chi connectivity index (χ0n) is 17.4. The van der Waals surface area contributed by atoms with Crippen molar-refractivity contribution in [1.82, 2.24) is 20.3 Å². The van der Waals surface area contributed by atoms with Crippen LogP contribution in [0.3, 0.4) is 0 Å². The van der Waals surface area contributed by atoms with E-state index < -0.39 is 0 Å². The fraction of sp³-hybridized carbons (Fsp3) is 0.565. The first-order valence-electron chi connectivity index (χ1n) is 11.1. The van der Waals surface area contributed by atoms with E-state index in [1.807, 2.05) is 6.07 Å². The van der Waals surface area contributed by atoms with Crippen LogP contribution in [0.1, 0.15) is 50.6 Å². The van der Waals surface area contributed by atoms with E-state index in [0.717, 1.165) is 49.6 Å². The third kappa shape index (κ3) is 5.55. The van der Waals surface area contributed by atoms with Crippen molar-refractivity contribution in [2.24, 2.45) is 11.8 Å². The summed E-state index contributed by atoms with van der Waals surface area (Å²) in [6.45, 7) is 2.69. The molecule has 6 nitrogen and oxygen atoms in total. The van der Waals surface area contributed by atoms with Gasteiger partial charge in [-0.05, 0) is 44.2 Å². The van der Waals surface area contributed by atoms with Crippen molar-refractivity contribution < 1.29 is 4.79 Å². The zero-order valence-corrected chi connectivity index (χ0v) is 18.1. The molecule has 0 amide bonds. The molecule has 1 aliphatic heterocycles. The first-order valence-corrected chi connectivity index (χ1v) is 11.5. The fourth-order valence-corrected chi connectivity index (χ4v) is 4.65. The van der Waals surface area contributed by atoms with Crippen LogP contribution >= 0.6 is 11.6 Å². The molecule has 0 bridgehead atoms.